The van der Waals surface area contributed by atoms with Gasteiger partial charge in [0.25, 0.3) is 0 Å². The van der Waals surface area contributed by atoms with E-state index in [1.165, 1.54) is 13.4 Å². The molecule has 1 saturated heterocycles. The number of ether oxygens (including phenoxy) is 2. The van der Waals surface area contributed by atoms with Crippen molar-refractivity contribution in [3.8, 4) is 5.88 Å². The van der Waals surface area contributed by atoms with Crippen LogP contribution in [0.1, 0.15) is 29.8 Å². The fraction of sp³-hybridized carbons (Fsp3) is 0.583. The van der Waals surface area contributed by atoms with Gasteiger partial charge in [0, 0.05) is 25.7 Å². The van der Waals surface area contributed by atoms with Gasteiger partial charge in [0.05, 0.1) is 7.11 Å². The van der Waals surface area contributed by atoms with Gasteiger partial charge in [-0.3, -0.25) is 4.79 Å². The molecule has 5 nitrogen and oxygen atoms in total. The molecule has 1 aliphatic heterocycles. The van der Waals surface area contributed by atoms with Crippen LogP contribution < -0.4 is 4.74 Å². The first kappa shape index (κ1) is 12.0. The molecule has 17 heavy (non-hydrogen) atoms. The molecule has 0 bridgehead atoms. The van der Waals surface area contributed by atoms with Gasteiger partial charge in [0.2, 0.25) is 5.88 Å². The Hall–Kier alpha value is -1.49. The number of aromatic nitrogens is 2. The van der Waals surface area contributed by atoms with E-state index in [9.17, 15) is 4.79 Å². The molecular formula is C12H16N2O3. The average Bonchev–Trinajstić information content (AvgIpc) is 2.40. The molecule has 1 aromatic rings. The van der Waals surface area contributed by atoms with Crippen LogP contribution in [0.3, 0.4) is 0 Å². The third-order valence-electron chi connectivity index (χ3n) is 2.95. The molecular weight excluding hydrogens is 220 g/mol. The summed E-state index contributed by atoms with van der Waals surface area (Å²) in [6.07, 6.45) is 3.79. The number of carbonyl (C=O) groups is 1. The SMILES string of the molecule is COc1cc(C(=O)CC2CCOCC2)ncn1. The monoisotopic (exact) mass is 236 g/mol. The summed E-state index contributed by atoms with van der Waals surface area (Å²) in [5.41, 5.74) is 0.434. The van der Waals surface area contributed by atoms with Crippen LogP contribution in [0.4, 0.5) is 0 Å². The van der Waals surface area contributed by atoms with Gasteiger partial charge >= 0.3 is 0 Å². The minimum Gasteiger partial charge on any atom is -0.481 e. The Bertz CT molecular complexity index is 389. The van der Waals surface area contributed by atoms with Crippen LogP contribution in [-0.4, -0.2) is 36.1 Å². The second-order valence-electron chi connectivity index (χ2n) is 4.13. The largest absolute Gasteiger partial charge is 0.481 e. The van der Waals surface area contributed by atoms with Crippen molar-refractivity contribution >= 4 is 5.78 Å². The highest BCUT2D eigenvalue weighted by molar-refractivity contribution is 5.94. The van der Waals surface area contributed by atoms with Crippen molar-refractivity contribution in [2.24, 2.45) is 5.92 Å². The van der Waals surface area contributed by atoms with Gasteiger partial charge in [-0.05, 0) is 18.8 Å². The molecule has 1 aliphatic rings. The number of rotatable bonds is 4. The van der Waals surface area contributed by atoms with E-state index in [0.29, 0.717) is 23.9 Å². The topological polar surface area (TPSA) is 61.3 Å². The Labute approximate surface area is 100 Å². The van der Waals surface area contributed by atoms with Crippen LogP contribution in [-0.2, 0) is 4.74 Å². The van der Waals surface area contributed by atoms with E-state index < -0.39 is 0 Å². The van der Waals surface area contributed by atoms with Gasteiger partial charge in [0.1, 0.15) is 12.0 Å². The second kappa shape index (κ2) is 5.72. The number of hydrogen-bond acceptors (Lipinski definition) is 5. The number of hydrogen-bond donors (Lipinski definition) is 0. The highest BCUT2D eigenvalue weighted by Crippen LogP contribution is 2.20. The quantitative estimate of drug-likeness (QED) is 0.741. The van der Waals surface area contributed by atoms with Gasteiger partial charge in [0.15, 0.2) is 5.78 Å². The first-order chi connectivity index (χ1) is 8.29. The highest BCUT2D eigenvalue weighted by atomic mass is 16.5. The van der Waals surface area contributed by atoms with Crippen LogP contribution in [0, 0.1) is 5.92 Å². The maximum absolute atomic E-state index is 12.0. The van der Waals surface area contributed by atoms with Gasteiger partial charge < -0.3 is 9.47 Å². The van der Waals surface area contributed by atoms with Crippen LogP contribution in [0.5, 0.6) is 5.88 Å². The summed E-state index contributed by atoms with van der Waals surface area (Å²) in [7, 11) is 1.52. The van der Waals surface area contributed by atoms with Crippen LogP contribution in [0.15, 0.2) is 12.4 Å². The standard InChI is InChI=1S/C12H16N2O3/c1-16-12-7-10(13-8-14-12)11(15)6-9-2-4-17-5-3-9/h7-9H,2-6H2,1H3. The predicted octanol–water partition coefficient (Wildman–Crippen LogP) is 1.48. The molecule has 0 amide bonds. The molecule has 0 atom stereocenters. The third kappa shape index (κ3) is 3.23. The van der Waals surface area contributed by atoms with E-state index >= 15 is 0 Å². The molecule has 0 radical (unpaired) electrons. The van der Waals surface area contributed by atoms with E-state index in [-0.39, 0.29) is 5.78 Å². The molecule has 0 unspecified atom stereocenters. The molecule has 92 valence electrons. The highest BCUT2D eigenvalue weighted by Gasteiger charge is 2.19. The lowest BCUT2D eigenvalue weighted by Gasteiger charge is -2.20. The van der Waals surface area contributed by atoms with Crippen molar-refractivity contribution < 1.29 is 14.3 Å². The minimum atomic E-state index is 0.0533. The van der Waals surface area contributed by atoms with E-state index in [4.69, 9.17) is 9.47 Å². The predicted molar refractivity (Wildman–Crippen MR) is 61.1 cm³/mol. The van der Waals surface area contributed by atoms with Crippen molar-refractivity contribution in [1.82, 2.24) is 9.97 Å². The molecule has 1 aromatic heterocycles. The first-order valence-electron chi connectivity index (χ1n) is 5.76. The van der Waals surface area contributed by atoms with Gasteiger partial charge in [-0.25, -0.2) is 9.97 Å². The maximum atomic E-state index is 12.0. The summed E-state index contributed by atoms with van der Waals surface area (Å²) in [4.78, 5) is 19.9. The molecule has 5 heteroatoms. The van der Waals surface area contributed by atoms with Crippen LogP contribution in [0.25, 0.3) is 0 Å². The smallest absolute Gasteiger partial charge is 0.216 e. The molecule has 0 N–H and O–H groups in total. The number of carbonyl (C=O) groups excluding carboxylic acids is 1. The zero-order valence-corrected chi connectivity index (χ0v) is 9.89. The number of ketones is 1. The zero-order chi connectivity index (χ0) is 12.1. The van der Waals surface area contributed by atoms with Crippen molar-refractivity contribution in [1.29, 1.82) is 0 Å². The molecule has 0 aliphatic carbocycles. The minimum absolute atomic E-state index is 0.0533. The number of methoxy groups -OCH3 is 1. The first-order valence-corrected chi connectivity index (χ1v) is 5.76. The summed E-state index contributed by atoms with van der Waals surface area (Å²) < 4.78 is 10.2. The molecule has 2 rings (SSSR count). The molecule has 0 aromatic carbocycles. The van der Waals surface area contributed by atoms with Gasteiger partial charge in [-0.15, -0.1) is 0 Å². The average molecular weight is 236 g/mol. The van der Waals surface area contributed by atoms with Crippen LogP contribution >= 0.6 is 0 Å². The summed E-state index contributed by atoms with van der Waals surface area (Å²) in [5.74, 6) is 0.894. The van der Waals surface area contributed by atoms with E-state index in [1.54, 1.807) is 6.07 Å². The summed E-state index contributed by atoms with van der Waals surface area (Å²) in [6, 6.07) is 1.58. The van der Waals surface area contributed by atoms with Crippen molar-refractivity contribution in [2.75, 3.05) is 20.3 Å². The zero-order valence-electron chi connectivity index (χ0n) is 9.89. The Morgan fingerprint density at radius 3 is 2.94 bits per heavy atom. The Morgan fingerprint density at radius 1 is 1.47 bits per heavy atom. The Balaban J connectivity index is 1.98. The van der Waals surface area contributed by atoms with Gasteiger partial charge in [-0.2, -0.15) is 0 Å². The number of nitrogens with zero attached hydrogens (tertiary/aromatic N) is 2. The molecule has 0 spiro atoms. The van der Waals surface area contributed by atoms with Crippen LogP contribution in [0.2, 0.25) is 0 Å². The Morgan fingerprint density at radius 2 is 2.24 bits per heavy atom. The van der Waals surface area contributed by atoms with E-state index in [0.717, 1.165) is 26.1 Å². The summed E-state index contributed by atoms with van der Waals surface area (Å²) >= 11 is 0. The second-order valence-corrected chi connectivity index (χ2v) is 4.13. The Kier molecular flexibility index (Phi) is 4.03. The lowest BCUT2D eigenvalue weighted by Crippen LogP contribution is -2.19. The lowest BCUT2D eigenvalue weighted by atomic mass is 9.93. The fourth-order valence-electron chi connectivity index (χ4n) is 1.92. The summed E-state index contributed by atoms with van der Waals surface area (Å²) in [5, 5.41) is 0. The van der Waals surface area contributed by atoms with Gasteiger partial charge in [-0.1, -0.05) is 0 Å². The number of Topliss-reactive ketones (excluding diaryl/α,β-unsaturated/α-hetero) is 1. The maximum Gasteiger partial charge on any atom is 0.216 e. The molecule has 2 heterocycles. The molecule has 1 fully saturated rings. The fourth-order valence-corrected chi connectivity index (χ4v) is 1.92. The summed E-state index contributed by atoms with van der Waals surface area (Å²) in [6.45, 7) is 1.51. The van der Waals surface area contributed by atoms with E-state index in [2.05, 4.69) is 9.97 Å². The lowest BCUT2D eigenvalue weighted by molar-refractivity contribution is 0.0599. The van der Waals surface area contributed by atoms with Crippen molar-refractivity contribution in [3.05, 3.63) is 18.1 Å². The van der Waals surface area contributed by atoms with Crippen molar-refractivity contribution in [2.45, 2.75) is 19.3 Å². The third-order valence-corrected chi connectivity index (χ3v) is 2.95. The normalized spacial score (nSPS) is 16.8. The molecule has 0 saturated carbocycles. The van der Waals surface area contributed by atoms with Crippen molar-refractivity contribution in [3.63, 3.8) is 0 Å². The van der Waals surface area contributed by atoms with E-state index in [1.807, 2.05) is 0 Å².